The van der Waals surface area contributed by atoms with Crippen LogP contribution in [0.25, 0.3) is 0 Å². The van der Waals surface area contributed by atoms with Gasteiger partial charge in [0.15, 0.2) is 0 Å². The fourth-order valence-corrected chi connectivity index (χ4v) is 2.18. The molecule has 0 saturated carbocycles. The summed E-state index contributed by atoms with van der Waals surface area (Å²) in [7, 11) is 0. The minimum Gasteiger partial charge on any atom is -0.311 e. The van der Waals surface area contributed by atoms with Gasteiger partial charge in [0.2, 0.25) is 0 Å². The number of rotatable bonds is 0. The normalized spacial score (nSPS) is 49.7. The molecular weight excluding hydrogens is 110 g/mol. The summed E-state index contributed by atoms with van der Waals surface area (Å²) >= 11 is 0. The first-order valence-corrected chi connectivity index (χ1v) is 3.94. The van der Waals surface area contributed by atoms with E-state index in [1.807, 2.05) is 0 Å². The van der Waals surface area contributed by atoms with Gasteiger partial charge >= 0.3 is 0 Å². The van der Waals surface area contributed by atoms with Crippen molar-refractivity contribution in [3.05, 3.63) is 6.92 Å². The van der Waals surface area contributed by atoms with E-state index in [1.54, 1.807) is 0 Å². The Kier molecular flexibility index (Phi) is 1.26. The molecule has 2 atom stereocenters. The zero-order valence-electron chi connectivity index (χ0n) is 5.77. The van der Waals surface area contributed by atoms with Crippen molar-refractivity contribution >= 4 is 0 Å². The first-order chi connectivity index (χ1) is 4.34. The minimum atomic E-state index is 0.740. The van der Waals surface area contributed by atoms with Gasteiger partial charge in [0.1, 0.15) is 0 Å². The van der Waals surface area contributed by atoms with Gasteiger partial charge in [0.05, 0.1) is 0 Å². The van der Waals surface area contributed by atoms with Gasteiger partial charge in [0, 0.05) is 12.1 Å². The second kappa shape index (κ2) is 1.98. The van der Waals surface area contributed by atoms with Crippen molar-refractivity contribution in [1.29, 1.82) is 0 Å². The van der Waals surface area contributed by atoms with E-state index >= 15 is 0 Å². The average Bonchev–Trinajstić information content (AvgIpc) is 2.11. The van der Waals surface area contributed by atoms with E-state index in [1.165, 1.54) is 25.7 Å². The summed E-state index contributed by atoms with van der Waals surface area (Å²) in [6.45, 7) is 4.10. The zero-order valence-corrected chi connectivity index (χ0v) is 5.77. The summed E-state index contributed by atoms with van der Waals surface area (Å²) in [6, 6.07) is 1.65. The third kappa shape index (κ3) is 0.983. The highest BCUT2D eigenvalue weighted by Gasteiger charge is 2.30. The van der Waals surface area contributed by atoms with E-state index < -0.39 is 0 Å². The Balaban J connectivity index is 2.03. The SMILES string of the molecule is [CH2]C1CC2CCC(C1)N2. The first-order valence-electron chi connectivity index (χ1n) is 3.94. The number of piperidine rings is 1. The molecule has 1 N–H and O–H groups in total. The first kappa shape index (κ1) is 5.72. The van der Waals surface area contributed by atoms with Gasteiger partial charge in [-0.15, -0.1) is 0 Å². The highest BCUT2D eigenvalue weighted by atomic mass is 15.0. The van der Waals surface area contributed by atoms with Crippen molar-refractivity contribution in [3.63, 3.8) is 0 Å². The summed E-state index contributed by atoms with van der Waals surface area (Å²) in [5.41, 5.74) is 0. The fourth-order valence-electron chi connectivity index (χ4n) is 2.18. The van der Waals surface area contributed by atoms with Crippen LogP contribution in [0, 0.1) is 12.8 Å². The Morgan fingerprint density at radius 2 is 1.67 bits per heavy atom. The second-order valence-electron chi connectivity index (χ2n) is 3.48. The summed E-state index contributed by atoms with van der Waals surface area (Å²) in [5, 5.41) is 3.58. The zero-order chi connectivity index (χ0) is 6.27. The molecule has 1 nitrogen and oxygen atoms in total. The molecule has 0 aromatic heterocycles. The number of hydrogen-bond donors (Lipinski definition) is 1. The molecule has 2 aliphatic heterocycles. The van der Waals surface area contributed by atoms with Crippen molar-refractivity contribution in [2.45, 2.75) is 37.8 Å². The van der Waals surface area contributed by atoms with E-state index in [-0.39, 0.29) is 0 Å². The van der Waals surface area contributed by atoms with E-state index in [9.17, 15) is 0 Å². The van der Waals surface area contributed by atoms with E-state index in [2.05, 4.69) is 12.2 Å². The van der Waals surface area contributed by atoms with E-state index in [0.717, 1.165) is 18.0 Å². The van der Waals surface area contributed by atoms with Gasteiger partial charge < -0.3 is 5.32 Å². The van der Waals surface area contributed by atoms with Crippen LogP contribution < -0.4 is 5.32 Å². The molecule has 0 spiro atoms. The number of fused-ring (bicyclic) bond motifs is 2. The summed E-state index contributed by atoms with van der Waals surface area (Å²) in [5.74, 6) is 0.740. The van der Waals surface area contributed by atoms with Crippen LogP contribution in [0.4, 0.5) is 0 Å². The van der Waals surface area contributed by atoms with Gasteiger partial charge in [-0.2, -0.15) is 0 Å². The summed E-state index contributed by atoms with van der Waals surface area (Å²) in [4.78, 5) is 0. The Morgan fingerprint density at radius 3 is 2.22 bits per heavy atom. The Morgan fingerprint density at radius 1 is 1.11 bits per heavy atom. The lowest BCUT2D eigenvalue weighted by molar-refractivity contribution is 0.342. The molecule has 9 heavy (non-hydrogen) atoms. The molecule has 0 aromatic rings. The molecule has 0 aliphatic carbocycles. The van der Waals surface area contributed by atoms with Crippen LogP contribution in [-0.2, 0) is 0 Å². The molecule has 0 aromatic carbocycles. The van der Waals surface area contributed by atoms with Crippen LogP contribution in [0.5, 0.6) is 0 Å². The van der Waals surface area contributed by atoms with Crippen molar-refractivity contribution < 1.29 is 0 Å². The molecule has 51 valence electrons. The largest absolute Gasteiger partial charge is 0.311 e. The van der Waals surface area contributed by atoms with E-state index in [4.69, 9.17) is 0 Å². The highest BCUT2D eigenvalue weighted by Crippen LogP contribution is 2.29. The van der Waals surface area contributed by atoms with Crippen LogP contribution in [0.3, 0.4) is 0 Å². The second-order valence-corrected chi connectivity index (χ2v) is 3.48. The van der Waals surface area contributed by atoms with Crippen LogP contribution in [0.2, 0.25) is 0 Å². The van der Waals surface area contributed by atoms with Crippen molar-refractivity contribution in [3.8, 4) is 0 Å². The number of hydrogen-bond acceptors (Lipinski definition) is 1. The maximum atomic E-state index is 4.10. The Labute approximate surface area is 56.8 Å². The molecule has 0 amide bonds. The maximum absolute atomic E-state index is 4.10. The predicted molar refractivity (Wildman–Crippen MR) is 38.0 cm³/mol. The highest BCUT2D eigenvalue weighted by molar-refractivity contribution is 4.92. The molecule has 2 saturated heterocycles. The van der Waals surface area contributed by atoms with Crippen LogP contribution >= 0.6 is 0 Å². The van der Waals surface area contributed by atoms with Crippen LogP contribution in [0.1, 0.15) is 25.7 Å². The van der Waals surface area contributed by atoms with Gasteiger partial charge in [-0.1, -0.05) is 6.92 Å². The van der Waals surface area contributed by atoms with Crippen molar-refractivity contribution in [2.75, 3.05) is 0 Å². The monoisotopic (exact) mass is 124 g/mol. The summed E-state index contributed by atoms with van der Waals surface area (Å²) < 4.78 is 0. The molecule has 2 unspecified atom stereocenters. The lowest BCUT2D eigenvalue weighted by atomic mass is 9.95. The molecule has 1 heteroatoms. The molecule has 2 aliphatic rings. The molecule has 1 radical (unpaired) electrons. The van der Waals surface area contributed by atoms with E-state index in [0.29, 0.717) is 0 Å². The predicted octanol–water partition coefficient (Wildman–Crippen LogP) is 1.35. The standard InChI is InChI=1S/C8H14N/c1-6-4-7-2-3-8(5-6)9-7/h6-9H,1-5H2. The van der Waals surface area contributed by atoms with Crippen molar-refractivity contribution in [2.24, 2.45) is 5.92 Å². The molecule has 2 fully saturated rings. The minimum absolute atomic E-state index is 0.740. The lowest BCUT2D eigenvalue weighted by Crippen LogP contribution is -2.37. The summed E-state index contributed by atoms with van der Waals surface area (Å²) in [6.07, 6.45) is 5.43. The smallest absolute Gasteiger partial charge is 0.00728 e. The van der Waals surface area contributed by atoms with Crippen molar-refractivity contribution in [1.82, 2.24) is 5.32 Å². The number of nitrogens with one attached hydrogen (secondary N) is 1. The van der Waals surface area contributed by atoms with Crippen LogP contribution in [0.15, 0.2) is 0 Å². The Hall–Kier alpha value is -0.0400. The topological polar surface area (TPSA) is 12.0 Å². The quantitative estimate of drug-likeness (QED) is 0.514. The third-order valence-corrected chi connectivity index (χ3v) is 2.57. The molecular formula is C8H14N. The van der Waals surface area contributed by atoms with Gasteiger partial charge in [-0.05, 0) is 31.6 Å². The Bertz CT molecular complexity index is 99.1. The van der Waals surface area contributed by atoms with Gasteiger partial charge in [0.25, 0.3) is 0 Å². The van der Waals surface area contributed by atoms with Gasteiger partial charge in [-0.25, -0.2) is 0 Å². The molecule has 2 bridgehead atoms. The molecule has 2 rings (SSSR count). The average molecular weight is 124 g/mol. The fraction of sp³-hybridized carbons (Fsp3) is 0.875. The maximum Gasteiger partial charge on any atom is 0.00728 e. The molecule has 2 heterocycles. The third-order valence-electron chi connectivity index (χ3n) is 2.57. The lowest BCUT2D eigenvalue weighted by Gasteiger charge is -2.25. The van der Waals surface area contributed by atoms with Crippen LogP contribution in [-0.4, -0.2) is 12.1 Å². The van der Waals surface area contributed by atoms with Gasteiger partial charge in [-0.3, -0.25) is 0 Å².